The number of rotatable bonds is 39. The zero-order valence-electron chi connectivity index (χ0n) is 33.6. The van der Waals surface area contributed by atoms with Crippen LogP contribution in [0.25, 0.3) is 0 Å². The maximum Gasteiger partial charge on any atom is 0.323 e. The largest absolute Gasteiger partial charge is 0.480 e. The minimum Gasteiger partial charge on any atom is -0.480 e. The van der Waals surface area contributed by atoms with Gasteiger partial charge in [-0.15, -0.1) is 0 Å². The molecule has 0 atom stereocenters. The standard InChI is InChI=1S/C43H80O8/c1-4-7-36-49-39(44)32-28-24-20-16-12-10-14-18-22-26-30-34-43(41(46)47,42(48)51-38-9-6-3)35-31-27-23-19-15-11-13-17-21-25-29-33-40(45)50-37-8-5-2/h4-38H2,1-3H3,(H,46,47). The number of carbonyl (C=O) groups is 4. The second kappa shape index (κ2) is 36.2. The van der Waals surface area contributed by atoms with E-state index in [1.54, 1.807) is 0 Å². The Morgan fingerprint density at radius 1 is 0.392 bits per heavy atom. The fraction of sp³-hybridized carbons (Fsp3) is 0.907. The Hall–Kier alpha value is -2.12. The lowest BCUT2D eigenvalue weighted by Gasteiger charge is -2.27. The van der Waals surface area contributed by atoms with Crippen molar-refractivity contribution in [3.63, 3.8) is 0 Å². The lowest BCUT2D eigenvalue weighted by atomic mass is 9.77. The van der Waals surface area contributed by atoms with Gasteiger partial charge in [-0.25, -0.2) is 0 Å². The Labute approximate surface area is 313 Å². The maximum atomic E-state index is 13.2. The first-order valence-electron chi connectivity index (χ1n) is 21.6. The van der Waals surface area contributed by atoms with E-state index in [1.165, 1.54) is 51.4 Å². The van der Waals surface area contributed by atoms with Crippen molar-refractivity contribution in [3.05, 3.63) is 0 Å². The first-order valence-corrected chi connectivity index (χ1v) is 21.6. The lowest BCUT2D eigenvalue weighted by Crippen LogP contribution is -2.41. The molecule has 0 fully saturated rings. The minimum absolute atomic E-state index is 0.0613. The topological polar surface area (TPSA) is 116 Å². The van der Waals surface area contributed by atoms with E-state index in [-0.39, 0.29) is 11.9 Å². The molecular formula is C43H80O8. The SMILES string of the molecule is CCCCOC(=O)CCCCCCCCCCCCCC(CCCCCCCCCCCCCC(=O)OCCCC)(C(=O)O)C(=O)OCCCC. The summed E-state index contributed by atoms with van der Waals surface area (Å²) in [7, 11) is 0. The Balaban J connectivity index is 4.18. The van der Waals surface area contributed by atoms with Gasteiger partial charge in [0.2, 0.25) is 0 Å². The van der Waals surface area contributed by atoms with Crippen molar-refractivity contribution < 1.29 is 38.5 Å². The van der Waals surface area contributed by atoms with Gasteiger partial charge in [-0.3, -0.25) is 19.2 Å². The molecule has 8 heteroatoms. The normalized spacial score (nSPS) is 11.4. The predicted octanol–water partition coefficient (Wildman–Crippen LogP) is 12.2. The third-order valence-corrected chi connectivity index (χ3v) is 10.0. The van der Waals surface area contributed by atoms with Crippen LogP contribution in [0.3, 0.4) is 0 Å². The molecule has 0 bridgehead atoms. The Morgan fingerprint density at radius 3 is 0.961 bits per heavy atom. The monoisotopic (exact) mass is 725 g/mol. The highest BCUT2D eigenvalue weighted by atomic mass is 16.5. The number of hydrogen-bond acceptors (Lipinski definition) is 7. The first-order chi connectivity index (χ1) is 24.8. The summed E-state index contributed by atoms with van der Waals surface area (Å²) in [5.74, 6) is -1.68. The third-order valence-electron chi connectivity index (χ3n) is 10.0. The van der Waals surface area contributed by atoms with Gasteiger partial charge < -0.3 is 19.3 Å². The molecule has 8 nitrogen and oxygen atoms in total. The van der Waals surface area contributed by atoms with Crippen molar-refractivity contribution in [2.45, 2.75) is 226 Å². The number of carbonyl (C=O) groups excluding carboxylic acids is 3. The molecule has 0 spiro atoms. The molecular weight excluding hydrogens is 644 g/mol. The van der Waals surface area contributed by atoms with Gasteiger partial charge in [-0.1, -0.05) is 168 Å². The highest BCUT2D eigenvalue weighted by Gasteiger charge is 2.46. The van der Waals surface area contributed by atoms with Crippen LogP contribution in [0.2, 0.25) is 0 Å². The van der Waals surface area contributed by atoms with E-state index in [0.717, 1.165) is 128 Å². The smallest absolute Gasteiger partial charge is 0.323 e. The highest BCUT2D eigenvalue weighted by Crippen LogP contribution is 2.34. The molecule has 0 aliphatic heterocycles. The van der Waals surface area contributed by atoms with Crippen LogP contribution in [0.5, 0.6) is 0 Å². The molecule has 0 saturated heterocycles. The summed E-state index contributed by atoms with van der Waals surface area (Å²) in [6, 6.07) is 0. The molecule has 0 aromatic carbocycles. The van der Waals surface area contributed by atoms with E-state index in [1.807, 2.05) is 6.92 Å². The molecule has 0 aliphatic rings. The molecule has 0 radical (unpaired) electrons. The third kappa shape index (κ3) is 29.1. The van der Waals surface area contributed by atoms with Gasteiger partial charge in [0.15, 0.2) is 5.41 Å². The molecule has 0 aromatic heterocycles. The lowest BCUT2D eigenvalue weighted by molar-refractivity contribution is -0.170. The Bertz CT molecular complexity index is 794. The number of carboxylic acids is 1. The van der Waals surface area contributed by atoms with Gasteiger partial charge in [0, 0.05) is 12.8 Å². The summed E-state index contributed by atoms with van der Waals surface area (Å²) in [5, 5.41) is 10.3. The number of aliphatic carboxylic acids is 1. The number of ether oxygens (including phenoxy) is 3. The molecule has 0 saturated carbocycles. The molecule has 0 aliphatic carbocycles. The van der Waals surface area contributed by atoms with E-state index >= 15 is 0 Å². The number of hydrogen-bond donors (Lipinski definition) is 1. The second-order valence-corrected chi connectivity index (χ2v) is 14.8. The van der Waals surface area contributed by atoms with Crippen LogP contribution in [0.4, 0.5) is 0 Å². The molecule has 0 rings (SSSR count). The molecule has 0 unspecified atom stereocenters. The van der Waals surface area contributed by atoms with Crippen molar-refractivity contribution in [1.82, 2.24) is 0 Å². The molecule has 0 heterocycles. The zero-order chi connectivity index (χ0) is 37.7. The van der Waals surface area contributed by atoms with E-state index in [0.29, 0.717) is 45.5 Å². The fourth-order valence-corrected chi connectivity index (χ4v) is 6.46. The number of unbranched alkanes of at least 4 members (excludes halogenated alkanes) is 23. The summed E-state index contributed by atoms with van der Waals surface area (Å²) < 4.78 is 15.9. The summed E-state index contributed by atoms with van der Waals surface area (Å²) in [6.45, 7) is 7.60. The van der Waals surface area contributed by atoms with E-state index in [9.17, 15) is 24.3 Å². The molecule has 0 amide bonds. The van der Waals surface area contributed by atoms with Gasteiger partial charge in [0.25, 0.3) is 0 Å². The van der Waals surface area contributed by atoms with Gasteiger partial charge >= 0.3 is 23.9 Å². The average molecular weight is 725 g/mol. The van der Waals surface area contributed by atoms with Crippen LogP contribution in [-0.4, -0.2) is 48.8 Å². The second-order valence-electron chi connectivity index (χ2n) is 14.8. The van der Waals surface area contributed by atoms with Crippen molar-refractivity contribution in [2.75, 3.05) is 19.8 Å². The van der Waals surface area contributed by atoms with Crippen LogP contribution < -0.4 is 0 Å². The summed E-state index contributed by atoms with van der Waals surface area (Å²) in [6.07, 6.45) is 31.1. The number of carboxylic acid groups (broad SMARTS) is 1. The summed E-state index contributed by atoms with van der Waals surface area (Å²) in [5.41, 5.74) is -1.42. The zero-order valence-corrected chi connectivity index (χ0v) is 33.6. The fourth-order valence-electron chi connectivity index (χ4n) is 6.46. The van der Waals surface area contributed by atoms with Gasteiger partial charge in [-0.2, -0.15) is 0 Å². The van der Waals surface area contributed by atoms with Gasteiger partial charge in [-0.05, 0) is 44.9 Å². The van der Waals surface area contributed by atoms with E-state index in [2.05, 4.69) is 13.8 Å². The molecule has 300 valence electrons. The van der Waals surface area contributed by atoms with Crippen LogP contribution in [0.15, 0.2) is 0 Å². The summed E-state index contributed by atoms with van der Waals surface area (Å²) in [4.78, 5) is 49.1. The van der Waals surface area contributed by atoms with Crippen LogP contribution >= 0.6 is 0 Å². The van der Waals surface area contributed by atoms with Crippen LogP contribution in [0, 0.1) is 5.41 Å². The van der Waals surface area contributed by atoms with Crippen molar-refractivity contribution >= 4 is 23.9 Å². The van der Waals surface area contributed by atoms with Crippen LogP contribution in [0.1, 0.15) is 226 Å². The van der Waals surface area contributed by atoms with E-state index in [4.69, 9.17) is 14.2 Å². The Morgan fingerprint density at radius 2 is 0.667 bits per heavy atom. The Kier molecular flexibility index (Phi) is 34.7. The van der Waals surface area contributed by atoms with Gasteiger partial charge in [0.05, 0.1) is 19.8 Å². The molecule has 51 heavy (non-hydrogen) atoms. The highest BCUT2D eigenvalue weighted by molar-refractivity contribution is 5.99. The number of esters is 3. The summed E-state index contributed by atoms with van der Waals surface area (Å²) >= 11 is 0. The van der Waals surface area contributed by atoms with Crippen molar-refractivity contribution in [1.29, 1.82) is 0 Å². The van der Waals surface area contributed by atoms with Crippen molar-refractivity contribution in [3.8, 4) is 0 Å². The van der Waals surface area contributed by atoms with E-state index < -0.39 is 17.4 Å². The predicted molar refractivity (Wildman–Crippen MR) is 208 cm³/mol. The maximum absolute atomic E-state index is 13.2. The molecule has 0 aromatic rings. The quantitative estimate of drug-likeness (QED) is 0.0288. The first kappa shape index (κ1) is 48.9. The molecule has 1 N–H and O–H groups in total. The average Bonchev–Trinajstić information content (AvgIpc) is 3.11. The van der Waals surface area contributed by atoms with Crippen molar-refractivity contribution in [2.24, 2.45) is 5.41 Å². The van der Waals surface area contributed by atoms with Gasteiger partial charge in [0.1, 0.15) is 0 Å². The minimum atomic E-state index is -1.42. The van der Waals surface area contributed by atoms with Crippen LogP contribution in [-0.2, 0) is 33.4 Å².